The molecule has 3 N–H and O–H groups in total. The maximum atomic E-state index is 14.1. The van der Waals surface area contributed by atoms with E-state index in [-0.39, 0.29) is 26.1 Å². The summed E-state index contributed by atoms with van der Waals surface area (Å²) in [6.07, 6.45) is 2.32. The van der Waals surface area contributed by atoms with Crippen LogP contribution in [0.1, 0.15) is 22.4 Å². The van der Waals surface area contributed by atoms with Gasteiger partial charge in [0.1, 0.15) is 25.3 Å². The van der Waals surface area contributed by atoms with Gasteiger partial charge in [-0.15, -0.1) is 0 Å². The Morgan fingerprint density at radius 2 is 1.41 bits per heavy atom. The van der Waals surface area contributed by atoms with Crippen molar-refractivity contribution in [3.63, 3.8) is 0 Å². The van der Waals surface area contributed by atoms with Gasteiger partial charge in [0, 0.05) is 41.8 Å². The number of nitrogens with one attached hydrogen (secondary N) is 3. The number of benzene rings is 3. The highest BCUT2D eigenvalue weighted by Crippen LogP contribution is 2.20. The zero-order valence-corrected chi connectivity index (χ0v) is 25.1. The van der Waals surface area contributed by atoms with Crippen molar-refractivity contribution in [2.24, 2.45) is 0 Å². The number of ether oxygens (including phenoxy) is 3. The third-order valence-electron chi connectivity index (χ3n) is 7.29. The number of esters is 1. The molecule has 236 valence electrons. The van der Waals surface area contributed by atoms with Crippen LogP contribution in [0, 0.1) is 0 Å². The topological polar surface area (TPSA) is 156 Å². The van der Waals surface area contributed by atoms with Crippen molar-refractivity contribution in [1.29, 1.82) is 0 Å². The third-order valence-corrected chi connectivity index (χ3v) is 7.29. The molecule has 12 heteroatoms. The number of imide groups is 1. The maximum absolute atomic E-state index is 14.1. The summed E-state index contributed by atoms with van der Waals surface area (Å²) in [6, 6.07) is 22.7. The van der Waals surface area contributed by atoms with E-state index in [0.717, 1.165) is 16.5 Å². The zero-order chi connectivity index (χ0) is 32.3. The van der Waals surface area contributed by atoms with E-state index in [0.29, 0.717) is 21.7 Å². The predicted molar refractivity (Wildman–Crippen MR) is 167 cm³/mol. The average molecular weight is 624 g/mol. The van der Waals surface area contributed by atoms with Crippen LogP contribution in [0.25, 0.3) is 10.9 Å². The minimum atomic E-state index is -1.50. The Kier molecular flexibility index (Phi) is 10.4. The quantitative estimate of drug-likeness (QED) is 0.134. The van der Waals surface area contributed by atoms with E-state index in [1.807, 2.05) is 36.4 Å². The van der Waals surface area contributed by atoms with Gasteiger partial charge in [0.25, 0.3) is 0 Å². The lowest BCUT2D eigenvalue weighted by atomic mass is 10.0. The fourth-order valence-corrected chi connectivity index (χ4v) is 4.94. The van der Waals surface area contributed by atoms with Gasteiger partial charge in [-0.3, -0.25) is 4.79 Å². The van der Waals surface area contributed by atoms with E-state index < -0.39 is 36.1 Å². The third kappa shape index (κ3) is 7.97. The number of hydrogen-bond donors (Lipinski definition) is 3. The molecule has 0 spiro atoms. The Balaban J connectivity index is 1.43. The number of nitrogens with zero attached hydrogens (tertiary/aromatic N) is 2. The van der Waals surface area contributed by atoms with E-state index in [4.69, 9.17) is 14.2 Å². The Hall–Kier alpha value is -5.91. The van der Waals surface area contributed by atoms with E-state index in [9.17, 15) is 19.2 Å². The summed E-state index contributed by atoms with van der Waals surface area (Å²) in [6.45, 7) is -0.322. The molecule has 2 unspecified atom stereocenters. The predicted octanol–water partition coefficient (Wildman–Crippen LogP) is 4.68. The summed E-state index contributed by atoms with van der Waals surface area (Å²) in [7, 11) is 1.22. The Labute approximate surface area is 264 Å². The van der Waals surface area contributed by atoms with Crippen LogP contribution in [0.15, 0.2) is 104 Å². The molecule has 3 aromatic carbocycles. The smallest absolute Gasteiger partial charge is 0.420 e. The molecule has 0 aliphatic heterocycles. The van der Waals surface area contributed by atoms with Gasteiger partial charge in [0.15, 0.2) is 0 Å². The first-order valence-electron chi connectivity index (χ1n) is 14.5. The van der Waals surface area contributed by atoms with Crippen molar-refractivity contribution < 1.29 is 33.4 Å². The van der Waals surface area contributed by atoms with Crippen LogP contribution in [0.5, 0.6) is 0 Å². The first kappa shape index (κ1) is 31.5. The first-order chi connectivity index (χ1) is 22.4. The fraction of sp³-hybridized carbons (Fsp3) is 0.206. The van der Waals surface area contributed by atoms with Gasteiger partial charge in [-0.05, 0) is 22.8 Å². The van der Waals surface area contributed by atoms with E-state index in [1.165, 1.54) is 19.6 Å². The molecule has 5 aromatic rings. The van der Waals surface area contributed by atoms with Crippen LogP contribution in [-0.4, -0.2) is 63.1 Å². The van der Waals surface area contributed by atoms with Crippen molar-refractivity contribution in [2.75, 3.05) is 7.11 Å². The summed E-state index contributed by atoms with van der Waals surface area (Å²) in [5.41, 5.74) is 3.42. The Morgan fingerprint density at radius 1 is 0.804 bits per heavy atom. The van der Waals surface area contributed by atoms with Gasteiger partial charge in [-0.25, -0.2) is 19.4 Å². The molecule has 0 saturated heterocycles. The number of amides is 3. The van der Waals surface area contributed by atoms with Gasteiger partial charge in [-0.2, -0.15) is 4.90 Å². The van der Waals surface area contributed by atoms with Crippen LogP contribution >= 0.6 is 0 Å². The van der Waals surface area contributed by atoms with Crippen molar-refractivity contribution >= 4 is 35.0 Å². The molecule has 2 heterocycles. The molecule has 12 nitrogen and oxygen atoms in total. The molecule has 5 rings (SSSR count). The number of H-pyrrole nitrogens is 2. The molecule has 0 saturated carbocycles. The van der Waals surface area contributed by atoms with Gasteiger partial charge >= 0.3 is 18.2 Å². The molecule has 0 fully saturated rings. The summed E-state index contributed by atoms with van der Waals surface area (Å²) in [5, 5.41) is 3.57. The van der Waals surface area contributed by atoms with Gasteiger partial charge in [0.05, 0.1) is 13.4 Å². The molecule has 0 radical (unpaired) electrons. The highest BCUT2D eigenvalue weighted by Gasteiger charge is 2.39. The first-order valence-corrected chi connectivity index (χ1v) is 14.5. The molecule has 0 aliphatic rings. The number of fused-ring (bicyclic) bond motifs is 1. The van der Waals surface area contributed by atoms with Gasteiger partial charge in [-0.1, -0.05) is 78.9 Å². The number of para-hydroxylation sites is 1. The monoisotopic (exact) mass is 623 g/mol. The van der Waals surface area contributed by atoms with Crippen LogP contribution in [0.3, 0.4) is 0 Å². The number of carbonyl (C=O) groups excluding carboxylic acids is 4. The number of methoxy groups -OCH3 is 1. The lowest BCUT2D eigenvalue weighted by molar-refractivity contribution is -0.145. The standard InChI is InChI=1S/C34H33N5O7/c1-44-32(41)29(16-25-18-36-28-15-9-8-14-27(25)28)38-31(40)30(17-26-19-35-22-37-26)39(33(42)45-20-23-10-4-2-5-11-23)34(43)46-21-24-12-6-3-7-13-24/h2-15,18-19,22,29-30,36H,16-17,20-21H2,1H3,(H,35,37)(H,38,40). The zero-order valence-electron chi connectivity index (χ0n) is 25.1. The Morgan fingerprint density at radius 3 is 2.00 bits per heavy atom. The van der Waals surface area contributed by atoms with Crippen LogP contribution in [0.2, 0.25) is 0 Å². The number of hydrogen-bond acceptors (Lipinski definition) is 8. The van der Waals surface area contributed by atoms with Gasteiger partial charge < -0.3 is 29.5 Å². The lowest BCUT2D eigenvalue weighted by Crippen LogP contribution is -2.56. The van der Waals surface area contributed by atoms with E-state index in [1.54, 1.807) is 54.7 Å². The summed E-state index contributed by atoms with van der Waals surface area (Å²) in [5.74, 6) is -1.51. The second kappa shape index (κ2) is 15.2. The minimum absolute atomic E-state index is 0.0795. The molecule has 2 atom stereocenters. The number of aromatic amines is 2. The average Bonchev–Trinajstić information content (AvgIpc) is 3.76. The van der Waals surface area contributed by atoms with E-state index in [2.05, 4.69) is 20.3 Å². The highest BCUT2D eigenvalue weighted by molar-refractivity contribution is 5.97. The second-order valence-electron chi connectivity index (χ2n) is 10.4. The normalized spacial score (nSPS) is 12.1. The lowest BCUT2D eigenvalue weighted by Gasteiger charge is -2.29. The SMILES string of the molecule is COC(=O)C(Cc1c[nH]c2ccccc12)NC(=O)C(Cc1cnc[nH]1)N(C(=O)OCc1ccccc1)C(=O)OCc1ccccc1. The van der Waals surface area contributed by atoms with Crippen molar-refractivity contribution in [3.8, 4) is 0 Å². The molecular weight excluding hydrogens is 590 g/mol. The highest BCUT2D eigenvalue weighted by atomic mass is 16.6. The molecule has 2 aromatic heterocycles. The molecule has 3 amide bonds. The molecule has 0 aliphatic carbocycles. The van der Waals surface area contributed by atoms with E-state index >= 15 is 0 Å². The molecular formula is C34H33N5O7. The largest absolute Gasteiger partial charge is 0.467 e. The van der Waals surface area contributed by atoms with Crippen molar-refractivity contribution in [3.05, 3.63) is 126 Å². The molecule has 0 bridgehead atoms. The van der Waals surface area contributed by atoms with Crippen molar-refractivity contribution in [2.45, 2.75) is 38.1 Å². The number of imidazole rings is 1. The van der Waals surface area contributed by atoms with Crippen LogP contribution in [0.4, 0.5) is 9.59 Å². The molecule has 46 heavy (non-hydrogen) atoms. The maximum Gasteiger partial charge on any atom is 0.420 e. The fourth-order valence-electron chi connectivity index (χ4n) is 4.94. The summed E-state index contributed by atoms with van der Waals surface area (Å²) < 4.78 is 16.0. The minimum Gasteiger partial charge on any atom is -0.467 e. The van der Waals surface area contributed by atoms with Crippen LogP contribution < -0.4 is 5.32 Å². The second-order valence-corrected chi connectivity index (χ2v) is 10.4. The summed E-state index contributed by atoms with van der Waals surface area (Å²) in [4.78, 5) is 64.9. The number of rotatable bonds is 12. The van der Waals surface area contributed by atoms with Gasteiger partial charge in [0.2, 0.25) is 5.91 Å². The summed E-state index contributed by atoms with van der Waals surface area (Å²) >= 11 is 0. The number of aromatic nitrogens is 3. The Bertz CT molecular complexity index is 1700. The van der Waals surface area contributed by atoms with Crippen LogP contribution in [-0.2, 0) is 49.9 Å². The number of carbonyl (C=O) groups is 4. The van der Waals surface area contributed by atoms with Crippen molar-refractivity contribution in [1.82, 2.24) is 25.2 Å².